The van der Waals surface area contributed by atoms with E-state index in [-0.39, 0.29) is 33.7 Å². The second kappa shape index (κ2) is 12.1. The molecule has 206 valence electrons. The van der Waals surface area contributed by atoms with Gasteiger partial charge in [0, 0.05) is 12.1 Å². The third kappa shape index (κ3) is 5.95. The number of anilines is 2. The van der Waals surface area contributed by atoms with Gasteiger partial charge in [0.1, 0.15) is 28.2 Å². The van der Waals surface area contributed by atoms with Crippen LogP contribution in [0.4, 0.5) is 15.8 Å². The van der Waals surface area contributed by atoms with Crippen LogP contribution in [-0.4, -0.2) is 42.4 Å². The van der Waals surface area contributed by atoms with Gasteiger partial charge in [-0.3, -0.25) is 19.3 Å². The van der Waals surface area contributed by atoms with Gasteiger partial charge >= 0.3 is 0 Å². The number of hydrogen-bond donors (Lipinski definition) is 3. The first-order valence-corrected chi connectivity index (χ1v) is 13.2. The molecule has 4 rings (SSSR count). The molecule has 1 fully saturated rings. The standard InChI is InChI=1S/C27H30FN5O5S/c1-37-18-12-13-20(38-2)19(14-18)33(27(36)24-21(29)22(25(30)34)32-39-24)23(15-8-10-16(28)11-9-15)26(35)31-17-6-4-3-5-7-17/h8-14,17,23H,3-7,29H2,1-2H3,(H2,30,34)(H,31,35)/t23-/m0/s1. The molecule has 12 heteroatoms. The highest BCUT2D eigenvalue weighted by molar-refractivity contribution is 7.09. The lowest BCUT2D eigenvalue weighted by Crippen LogP contribution is -2.47. The summed E-state index contributed by atoms with van der Waals surface area (Å²) < 4.78 is 28.8. The van der Waals surface area contributed by atoms with Crippen LogP contribution in [0.25, 0.3) is 0 Å². The predicted molar refractivity (Wildman–Crippen MR) is 146 cm³/mol. The number of rotatable bonds is 9. The van der Waals surface area contributed by atoms with E-state index in [1.165, 1.54) is 43.4 Å². The molecule has 1 aromatic heterocycles. The van der Waals surface area contributed by atoms with Crippen LogP contribution in [0.2, 0.25) is 0 Å². The van der Waals surface area contributed by atoms with E-state index in [0.717, 1.165) is 32.1 Å². The fourth-order valence-corrected chi connectivity index (χ4v) is 5.42. The Balaban J connectivity index is 1.92. The van der Waals surface area contributed by atoms with E-state index in [1.54, 1.807) is 18.2 Å². The van der Waals surface area contributed by atoms with Crippen molar-refractivity contribution in [3.8, 4) is 11.5 Å². The molecule has 0 aliphatic heterocycles. The van der Waals surface area contributed by atoms with Crippen molar-refractivity contribution in [2.45, 2.75) is 44.2 Å². The highest BCUT2D eigenvalue weighted by Gasteiger charge is 2.38. The number of ether oxygens (including phenoxy) is 2. The van der Waals surface area contributed by atoms with E-state index in [0.29, 0.717) is 22.8 Å². The minimum Gasteiger partial charge on any atom is -0.497 e. The number of nitrogens with two attached hydrogens (primary N) is 2. The van der Waals surface area contributed by atoms with Crippen LogP contribution >= 0.6 is 11.5 Å². The van der Waals surface area contributed by atoms with Crippen molar-refractivity contribution < 1.29 is 28.2 Å². The monoisotopic (exact) mass is 555 g/mol. The lowest BCUT2D eigenvalue weighted by molar-refractivity contribution is -0.123. The van der Waals surface area contributed by atoms with Crippen LogP contribution in [-0.2, 0) is 4.79 Å². The molecule has 0 saturated heterocycles. The Hall–Kier alpha value is -4.19. The minimum absolute atomic E-state index is 0.0757. The Morgan fingerprint density at radius 1 is 1.08 bits per heavy atom. The average molecular weight is 556 g/mol. The van der Waals surface area contributed by atoms with Crippen LogP contribution in [0.5, 0.6) is 11.5 Å². The molecule has 5 N–H and O–H groups in total. The third-order valence-corrected chi connectivity index (χ3v) is 7.51. The number of amides is 3. The maximum atomic E-state index is 14.3. The highest BCUT2D eigenvalue weighted by Crippen LogP contribution is 2.40. The Morgan fingerprint density at radius 2 is 1.77 bits per heavy atom. The molecule has 2 aromatic carbocycles. The van der Waals surface area contributed by atoms with Gasteiger partial charge in [0.2, 0.25) is 5.91 Å². The normalized spacial score (nSPS) is 14.3. The molecule has 1 aliphatic carbocycles. The second-order valence-corrected chi connectivity index (χ2v) is 9.92. The second-order valence-electron chi connectivity index (χ2n) is 9.15. The Bertz CT molecular complexity index is 1360. The zero-order valence-electron chi connectivity index (χ0n) is 21.6. The van der Waals surface area contributed by atoms with Gasteiger partial charge in [-0.1, -0.05) is 31.4 Å². The zero-order chi connectivity index (χ0) is 28.1. The largest absolute Gasteiger partial charge is 0.497 e. The molecule has 1 aliphatic rings. The van der Waals surface area contributed by atoms with Gasteiger partial charge < -0.3 is 26.3 Å². The lowest BCUT2D eigenvalue weighted by Gasteiger charge is -2.34. The average Bonchev–Trinajstić information content (AvgIpc) is 3.33. The number of benzene rings is 2. The molecule has 39 heavy (non-hydrogen) atoms. The summed E-state index contributed by atoms with van der Waals surface area (Å²) in [6.07, 6.45) is 4.66. The summed E-state index contributed by atoms with van der Waals surface area (Å²) in [7, 11) is 2.89. The SMILES string of the molecule is COc1ccc(OC)c(N(C(=O)c2snc(C(N)=O)c2N)[C@H](C(=O)NC2CCCCC2)c2ccc(F)cc2)c1. The molecular weight excluding hydrogens is 525 g/mol. The van der Waals surface area contributed by atoms with E-state index >= 15 is 0 Å². The van der Waals surface area contributed by atoms with Crippen LogP contribution in [0.15, 0.2) is 42.5 Å². The smallest absolute Gasteiger partial charge is 0.273 e. The van der Waals surface area contributed by atoms with Crippen LogP contribution in [0.1, 0.15) is 63.9 Å². The van der Waals surface area contributed by atoms with E-state index < -0.39 is 29.6 Å². The number of carbonyl (C=O) groups is 3. The Kier molecular flexibility index (Phi) is 8.65. The molecule has 1 atom stereocenters. The topological polar surface area (TPSA) is 150 Å². The maximum Gasteiger partial charge on any atom is 0.273 e. The number of primary amides is 1. The van der Waals surface area contributed by atoms with Crippen LogP contribution < -0.4 is 31.2 Å². The summed E-state index contributed by atoms with van der Waals surface area (Å²) in [5.74, 6) is -1.93. The van der Waals surface area contributed by atoms with Crippen molar-refractivity contribution in [3.63, 3.8) is 0 Å². The number of nitrogen functional groups attached to an aromatic ring is 1. The van der Waals surface area contributed by atoms with Crippen LogP contribution in [0.3, 0.4) is 0 Å². The molecule has 0 bridgehead atoms. The number of halogens is 1. The van der Waals surface area contributed by atoms with Gasteiger partial charge in [0.05, 0.1) is 25.6 Å². The summed E-state index contributed by atoms with van der Waals surface area (Å²) in [5.41, 5.74) is 11.6. The predicted octanol–water partition coefficient (Wildman–Crippen LogP) is 3.82. The third-order valence-electron chi connectivity index (χ3n) is 6.66. The Labute approximate surface area is 229 Å². The molecular formula is C27H30FN5O5S. The van der Waals surface area contributed by atoms with Gasteiger partial charge in [0.15, 0.2) is 5.69 Å². The Morgan fingerprint density at radius 3 is 2.36 bits per heavy atom. The molecule has 0 unspecified atom stereocenters. The summed E-state index contributed by atoms with van der Waals surface area (Å²) in [4.78, 5) is 41.2. The van der Waals surface area contributed by atoms with E-state index in [9.17, 15) is 18.8 Å². The number of aromatic nitrogens is 1. The number of methoxy groups -OCH3 is 2. The summed E-state index contributed by atoms with van der Waals surface area (Å²) >= 11 is 0.691. The minimum atomic E-state index is -1.26. The van der Waals surface area contributed by atoms with Crippen molar-refractivity contribution in [2.75, 3.05) is 24.9 Å². The van der Waals surface area contributed by atoms with Gasteiger partial charge in [-0.25, -0.2) is 4.39 Å². The van der Waals surface area contributed by atoms with E-state index in [1.807, 2.05) is 0 Å². The quantitative estimate of drug-likeness (QED) is 0.363. The van der Waals surface area contributed by atoms with Gasteiger partial charge in [-0.15, -0.1) is 0 Å². The first kappa shape index (κ1) is 27.8. The van der Waals surface area contributed by atoms with Crippen molar-refractivity contribution in [2.24, 2.45) is 5.73 Å². The van der Waals surface area contributed by atoms with E-state index in [4.69, 9.17) is 20.9 Å². The molecule has 0 spiro atoms. The van der Waals surface area contributed by atoms with Crippen molar-refractivity contribution in [3.05, 3.63) is 64.4 Å². The first-order valence-electron chi connectivity index (χ1n) is 12.4. The molecule has 1 saturated carbocycles. The summed E-state index contributed by atoms with van der Waals surface area (Å²) in [5, 5.41) is 3.08. The fourth-order valence-electron chi connectivity index (χ4n) is 4.68. The van der Waals surface area contributed by atoms with Gasteiger partial charge in [0.25, 0.3) is 11.8 Å². The number of nitrogens with zero attached hydrogens (tertiary/aromatic N) is 2. The van der Waals surface area contributed by atoms with Crippen LogP contribution in [0, 0.1) is 5.82 Å². The molecule has 0 radical (unpaired) electrons. The fraction of sp³-hybridized carbons (Fsp3) is 0.333. The number of carbonyl (C=O) groups excluding carboxylic acids is 3. The van der Waals surface area contributed by atoms with Gasteiger partial charge in [-0.2, -0.15) is 4.37 Å². The molecule has 1 heterocycles. The molecule has 3 aromatic rings. The summed E-state index contributed by atoms with van der Waals surface area (Å²) in [6.45, 7) is 0. The van der Waals surface area contributed by atoms with Crippen molar-refractivity contribution in [1.29, 1.82) is 0 Å². The van der Waals surface area contributed by atoms with Crippen molar-refractivity contribution in [1.82, 2.24) is 9.69 Å². The highest BCUT2D eigenvalue weighted by atomic mass is 32.1. The number of nitrogens with one attached hydrogen (secondary N) is 1. The zero-order valence-corrected chi connectivity index (χ0v) is 22.4. The molecule has 3 amide bonds. The summed E-state index contributed by atoms with van der Waals surface area (Å²) in [6, 6.07) is 8.77. The molecule has 10 nitrogen and oxygen atoms in total. The van der Waals surface area contributed by atoms with Crippen molar-refractivity contribution >= 4 is 40.6 Å². The van der Waals surface area contributed by atoms with Gasteiger partial charge in [-0.05, 0) is 54.2 Å². The number of hydrogen-bond acceptors (Lipinski definition) is 8. The lowest BCUT2D eigenvalue weighted by atomic mass is 9.94. The maximum absolute atomic E-state index is 14.3. The van der Waals surface area contributed by atoms with E-state index in [2.05, 4.69) is 9.69 Å². The first-order chi connectivity index (χ1) is 18.7.